The minimum absolute atomic E-state index is 0.0272. The number of anilines is 1. The second-order valence-corrected chi connectivity index (χ2v) is 6.98. The summed E-state index contributed by atoms with van der Waals surface area (Å²) in [6.07, 6.45) is 6.18. The van der Waals surface area contributed by atoms with Crippen LogP contribution in [-0.2, 0) is 13.0 Å². The van der Waals surface area contributed by atoms with Crippen molar-refractivity contribution in [2.45, 2.75) is 31.8 Å². The van der Waals surface area contributed by atoms with E-state index < -0.39 is 0 Å². The number of pyridine rings is 1. The quantitative estimate of drug-likeness (QED) is 0.529. The number of nitrogens with two attached hydrogens (primary N) is 1. The second-order valence-electron chi connectivity index (χ2n) is 6.98. The van der Waals surface area contributed by atoms with E-state index >= 15 is 0 Å². The lowest BCUT2D eigenvalue weighted by Gasteiger charge is -2.10. The summed E-state index contributed by atoms with van der Waals surface area (Å²) in [5.74, 6) is 0.475. The Labute approximate surface area is 155 Å². The van der Waals surface area contributed by atoms with E-state index in [0.717, 1.165) is 52.3 Å². The van der Waals surface area contributed by atoms with Crippen LogP contribution in [0.3, 0.4) is 0 Å². The normalized spacial score (nSPS) is 17.0. The van der Waals surface area contributed by atoms with E-state index in [-0.39, 0.29) is 6.04 Å². The molecule has 3 aromatic heterocycles. The highest BCUT2D eigenvalue weighted by Gasteiger charge is 2.26. The average Bonchev–Trinajstić information content (AvgIpc) is 2.86. The van der Waals surface area contributed by atoms with Crippen LogP contribution in [0, 0.1) is 5.53 Å². The Kier molecular flexibility index (Phi) is 3.60. The zero-order valence-electron chi connectivity index (χ0n) is 14.8. The first kappa shape index (κ1) is 15.9. The Morgan fingerprint density at radius 2 is 2.07 bits per heavy atom. The third-order valence-corrected chi connectivity index (χ3v) is 5.38. The number of aromatic nitrogens is 4. The van der Waals surface area contributed by atoms with Crippen molar-refractivity contribution in [1.29, 1.82) is 5.53 Å². The zero-order valence-corrected chi connectivity index (χ0v) is 14.8. The number of hydrogen-bond acceptors (Lipinski definition) is 6. The smallest absolute Gasteiger partial charge is 0.146 e. The Morgan fingerprint density at radius 1 is 1.19 bits per heavy atom. The number of hydrogen-bond donors (Lipinski definition) is 2. The van der Waals surface area contributed by atoms with Crippen molar-refractivity contribution < 1.29 is 0 Å². The van der Waals surface area contributed by atoms with Crippen molar-refractivity contribution in [3.63, 3.8) is 0 Å². The fraction of sp³-hybridized carbons (Fsp3) is 0.250. The van der Waals surface area contributed by atoms with Gasteiger partial charge >= 0.3 is 0 Å². The van der Waals surface area contributed by atoms with Crippen molar-refractivity contribution in [3.8, 4) is 11.1 Å². The largest absolute Gasteiger partial charge is 0.383 e. The first-order chi connectivity index (χ1) is 13.3. The fourth-order valence-corrected chi connectivity index (χ4v) is 4.13. The maximum absolute atomic E-state index is 7.49. The first-order valence-electron chi connectivity index (χ1n) is 9.09. The number of benzene rings is 1. The molecule has 0 aliphatic carbocycles. The first-order valence-corrected chi connectivity index (χ1v) is 9.09. The van der Waals surface area contributed by atoms with Gasteiger partial charge in [0.2, 0.25) is 0 Å². The Morgan fingerprint density at radius 3 is 2.96 bits per heavy atom. The van der Waals surface area contributed by atoms with Gasteiger partial charge in [-0.05, 0) is 31.4 Å². The summed E-state index contributed by atoms with van der Waals surface area (Å²) in [4.78, 5) is 13.4. The Hall–Kier alpha value is -3.35. The van der Waals surface area contributed by atoms with E-state index in [1.165, 1.54) is 12.0 Å². The van der Waals surface area contributed by atoms with Crippen LogP contribution in [0.25, 0.3) is 33.1 Å². The third kappa shape index (κ3) is 2.46. The number of nitrogen functional groups attached to an aromatic ring is 1. The van der Waals surface area contributed by atoms with Crippen molar-refractivity contribution in [2.75, 3.05) is 5.73 Å². The number of rotatable bonds is 2. The lowest BCUT2D eigenvalue weighted by molar-refractivity contribution is 0.516. The highest BCUT2D eigenvalue weighted by molar-refractivity contribution is 6.03. The van der Waals surface area contributed by atoms with Gasteiger partial charge in [-0.2, -0.15) is 5.11 Å². The van der Waals surface area contributed by atoms with Gasteiger partial charge in [0.1, 0.15) is 17.8 Å². The number of para-hydroxylation sites is 1. The lowest BCUT2D eigenvalue weighted by Crippen LogP contribution is -2.12. The fourth-order valence-electron chi connectivity index (χ4n) is 4.13. The molecule has 0 fully saturated rings. The summed E-state index contributed by atoms with van der Waals surface area (Å²) < 4.78 is 2.17. The van der Waals surface area contributed by atoms with Crippen molar-refractivity contribution in [2.24, 2.45) is 5.11 Å². The molecular formula is C20H19N7. The molecule has 7 nitrogen and oxygen atoms in total. The zero-order chi connectivity index (χ0) is 18.4. The molecule has 7 heteroatoms. The summed E-state index contributed by atoms with van der Waals surface area (Å²) in [6.45, 7) is 0.646. The van der Waals surface area contributed by atoms with Gasteiger partial charge in [0, 0.05) is 34.9 Å². The molecule has 4 heterocycles. The van der Waals surface area contributed by atoms with E-state index in [0.29, 0.717) is 12.4 Å². The molecule has 134 valence electrons. The van der Waals surface area contributed by atoms with Crippen molar-refractivity contribution in [3.05, 3.63) is 48.5 Å². The maximum Gasteiger partial charge on any atom is 0.146 e. The van der Waals surface area contributed by atoms with Crippen molar-refractivity contribution in [1.82, 2.24) is 19.5 Å². The summed E-state index contributed by atoms with van der Waals surface area (Å²) in [5.41, 5.74) is 18.8. The second kappa shape index (κ2) is 6.12. The molecule has 0 amide bonds. The molecule has 1 atom stereocenters. The van der Waals surface area contributed by atoms with E-state index in [1.807, 2.05) is 24.4 Å². The molecule has 27 heavy (non-hydrogen) atoms. The van der Waals surface area contributed by atoms with Gasteiger partial charge in [-0.1, -0.05) is 18.2 Å². The summed E-state index contributed by atoms with van der Waals surface area (Å²) in [6, 6.07) is 10.2. The van der Waals surface area contributed by atoms with Gasteiger partial charge in [0.15, 0.2) is 0 Å². The van der Waals surface area contributed by atoms with Crippen LogP contribution >= 0.6 is 0 Å². The van der Waals surface area contributed by atoms with Crippen molar-refractivity contribution >= 4 is 27.8 Å². The van der Waals surface area contributed by atoms with E-state index in [2.05, 4.69) is 36.8 Å². The van der Waals surface area contributed by atoms with Crippen LogP contribution in [0.15, 0.2) is 48.0 Å². The van der Waals surface area contributed by atoms with Crippen LogP contribution in [-0.4, -0.2) is 25.6 Å². The highest BCUT2D eigenvalue weighted by atomic mass is 15.1. The molecule has 0 spiro atoms. The molecule has 0 bridgehead atoms. The third-order valence-electron chi connectivity index (χ3n) is 5.38. The minimum atomic E-state index is -0.0272. The van der Waals surface area contributed by atoms with Crippen LogP contribution in [0.4, 0.5) is 5.82 Å². The van der Waals surface area contributed by atoms with Crippen LogP contribution in [0.2, 0.25) is 0 Å². The van der Waals surface area contributed by atoms with Gasteiger partial charge < -0.3 is 10.3 Å². The number of nitrogens with zero attached hydrogens (tertiary/aromatic N) is 5. The molecule has 3 N–H and O–H groups in total. The maximum atomic E-state index is 7.49. The number of nitrogens with one attached hydrogen (secondary N) is 1. The topological polar surface area (TPSA) is 106 Å². The average molecular weight is 357 g/mol. The predicted octanol–water partition coefficient (Wildman–Crippen LogP) is 3.96. The summed E-state index contributed by atoms with van der Waals surface area (Å²) in [5, 5.41) is 5.76. The molecule has 0 saturated carbocycles. The number of fused-ring (bicyclic) bond motifs is 4. The lowest BCUT2D eigenvalue weighted by atomic mass is 10.00. The molecule has 1 aliphatic heterocycles. The standard InChI is InChI=1S/C20H19N7/c21-19-18-17(13-8-12-4-1-2-6-15(12)23-9-13)16-7-3-5-14(26-22)10-27(16)20(18)25-11-24-19/h1-2,4,6,8-9,11,14,22H,3,5,7,10H2,(H2,21,24,25)/t14-/m1/s1. The molecule has 0 saturated heterocycles. The molecule has 5 rings (SSSR count). The van der Waals surface area contributed by atoms with Gasteiger partial charge in [-0.15, -0.1) is 0 Å². The highest BCUT2D eigenvalue weighted by Crippen LogP contribution is 2.39. The summed E-state index contributed by atoms with van der Waals surface area (Å²) >= 11 is 0. The molecule has 1 aromatic carbocycles. The molecule has 0 unspecified atom stereocenters. The van der Waals surface area contributed by atoms with Gasteiger partial charge in [-0.25, -0.2) is 15.5 Å². The van der Waals surface area contributed by atoms with Crippen LogP contribution < -0.4 is 5.73 Å². The van der Waals surface area contributed by atoms with E-state index in [9.17, 15) is 0 Å². The van der Waals surface area contributed by atoms with E-state index in [1.54, 1.807) is 0 Å². The molecule has 1 aliphatic rings. The molecular weight excluding hydrogens is 338 g/mol. The van der Waals surface area contributed by atoms with Gasteiger partial charge in [0.25, 0.3) is 0 Å². The Balaban J connectivity index is 1.83. The molecule has 0 radical (unpaired) electrons. The SMILES string of the molecule is N=N[C@@H]1CCCc2c(-c3cnc4ccccc4c3)c3c(N)ncnc3n2C1. The summed E-state index contributed by atoms with van der Waals surface area (Å²) in [7, 11) is 0. The predicted molar refractivity (Wildman–Crippen MR) is 105 cm³/mol. The minimum Gasteiger partial charge on any atom is -0.383 e. The van der Waals surface area contributed by atoms with Crippen LogP contribution in [0.1, 0.15) is 18.5 Å². The van der Waals surface area contributed by atoms with Gasteiger partial charge in [-0.3, -0.25) is 4.98 Å². The van der Waals surface area contributed by atoms with Crippen LogP contribution in [0.5, 0.6) is 0 Å². The molecule has 4 aromatic rings. The monoisotopic (exact) mass is 357 g/mol. The van der Waals surface area contributed by atoms with Gasteiger partial charge in [0.05, 0.1) is 16.9 Å². The Bertz CT molecular complexity index is 1180. The van der Waals surface area contributed by atoms with E-state index in [4.69, 9.17) is 11.3 Å².